The number of carbonyl (C=O) groups excluding carboxylic acids is 1. The first-order chi connectivity index (χ1) is 14.6. The summed E-state index contributed by atoms with van der Waals surface area (Å²) in [7, 11) is 0. The van der Waals surface area contributed by atoms with Crippen LogP contribution >= 0.6 is 0 Å². The van der Waals surface area contributed by atoms with Crippen LogP contribution in [-0.4, -0.2) is 28.1 Å². The van der Waals surface area contributed by atoms with Crippen LogP contribution in [-0.2, 0) is 0 Å². The van der Waals surface area contributed by atoms with E-state index in [2.05, 4.69) is 10.3 Å². The lowest BCUT2D eigenvalue weighted by Gasteiger charge is -2.28. The Morgan fingerprint density at radius 1 is 1.07 bits per heavy atom. The van der Waals surface area contributed by atoms with E-state index < -0.39 is 5.91 Å². The van der Waals surface area contributed by atoms with Gasteiger partial charge < -0.3 is 20.9 Å². The molecule has 1 saturated carbocycles. The molecule has 30 heavy (non-hydrogen) atoms. The number of para-hydroxylation sites is 1. The molecule has 2 aromatic carbocycles. The fourth-order valence-corrected chi connectivity index (χ4v) is 3.81. The van der Waals surface area contributed by atoms with Crippen LogP contribution in [0.4, 0.5) is 5.69 Å². The average Bonchev–Trinajstić information content (AvgIpc) is 2.76. The maximum absolute atomic E-state index is 12.0. The van der Waals surface area contributed by atoms with Crippen molar-refractivity contribution in [1.82, 2.24) is 4.98 Å². The van der Waals surface area contributed by atoms with Crippen LogP contribution < -0.4 is 15.8 Å². The third-order valence-corrected chi connectivity index (χ3v) is 5.40. The Bertz CT molecular complexity index is 1020. The molecule has 0 aliphatic heterocycles. The summed E-state index contributed by atoms with van der Waals surface area (Å²) in [5, 5.41) is 13.2. The molecule has 1 heterocycles. The molecule has 0 bridgehead atoms. The summed E-state index contributed by atoms with van der Waals surface area (Å²) in [6, 6.07) is 17.2. The van der Waals surface area contributed by atoms with Crippen LogP contribution in [0.5, 0.6) is 11.5 Å². The standard InChI is InChI=1S/C24H25N3O3/c25-24(29)21-12-7-16(14-22(21)27-17-8-10-18(28)11-9-17)20-5-1-2-6-23(20)30-19-4-3-13-26-15-19/h1-7,12-15,17-18,27-28H,8-11H2,(H2,25,29)/t17-,18-. The largest absolute Gasteiger partial charge is 0.455 e. The van der Waals surface area contributed by atoms with Gasteiger partial charge in [0.15, 0.2) is 0 Å². The molecule has 1 aromatic heterocycles. The minimum atomic E-state index is -0.472. The first kappa shape index (κ1) is 19.9. The van der Waals surface area contributed by atoms with Crippen LogP contribution in [0, 0.1) is 0 Å². The number of hydrogen-bond donors (Lipinski definition) is 3. The Balaban J connectivity index is 1.66. The Kier molecular flexibility index (Phi) is 5.95. The minimum absolute atomic E-state index is 0.198. The molecular formula is C24H25N3O3. The van der Waals surface area contributed by atoms with Gasteiger partial charge in [0.05, 0.1) is 17.9 Å². The summed E-state index contributed by atoms with van der Waals surface area (Å²) in [5.74, 6) is 0.877. The molecule has 0 spiro atoms. The smallest absolute Gasteiger partial charge is 0.250 e. The predicted octanol–water partition coefficient (Wildman–Crippen LogP) is 4.36. The van der Waals surface area contributed by atoms with Gasteiger partial charge in [-0.25, -0.2) is 0 Å². The molecule has 6 heteroatoms. The van der Waals surface area contributed by atoms with Crippen molar-refractivity contribution < 1.29 is 14.6 Å². The van der Waals surface area contributed by atoms with Crippen molar-refractivity contribution in [3.63, 3.8) is 0 Å². The summed E-state index contributed by atoms with van der Waals surface area (Å²) in [6.45, 7) is 0. The van der Waals surface area contributed by atoms with Gasteiger partial charge in [-0.2, -0.15) is 0 Å². The third kappa shape index (κ3) is 4.60. The summed E-state index contributed by atoms with van der Waals surface area (Å²) >= 11 is 0. The van der Waals surface area contributed by atoms with Gasteiger partial charge in [-0.15, -0.1) is 0 Å². The van der Waals surface area contributed by atoms with Crippen molar-refractivity contribution >= 4 is 11.6 Å². The Morgan fingerprint density at radius 2 is 1.87 bits per heavy atom. The summed E-state index contributed by atoms with van der Waals surface area (Å²) in [6.07, 6.45) is 6.34. The quantitative estimate of drug-likeness (QED) is 0.568. The van der Waals surface area contributed by atoms with Crippen molar-refractivity contribution in [1.29, 1.82) is 0 Å². The van der Waals surface area contributed by atoms with Crippen LogP contribution in [0.25, 0.3) is 11.1 Å². The van der Waals surface area contributed by atoms with E-state index >= 15 is 0 Å². The number of aromatic nitrogens is 1. The molecule has 0 radical (unpaired) electrons. The van der Waals surface area contributed by atoms with Crippen LogP contribution in [0.1, 0.15) is 36.0 Å². The molecule has 0 atom stereocenters. The fraction of sp³-hybridized carbons (Fsp3) is 0.250. The molecule has 1 aliphatic carbocycles. The van der Waals surface area contributed by atoms with Gasteiger partial charge in [-0.05, 0) is 61.6 Å². The number of carbonyl (C=O) groups is 1. The molecule has 1 amide bonds. The molecule has 154 valence electrons. The number of benzene rings is 2. The van der Waals surface area contributed by atoms with Gasteiger partial charge in [-0.1, -0.05) is 24.3 Å². The van der Waals surface area contributed by atoms with Crippen molar-refractivity contribution in [3.8, 4) is 22.6 Å². The molecule has 3 aromatic rings. The number of amides is 1. The number of nitrogens with two attached hydrogens (primary N) is 1. The number of nitrogens with zero attached hydrogens (tertiary/aromatic N) is 1. The van der Waals surface area contributed by atoms with Crippen LogP contribution in [0.3, 0.4) is 0 Å². The first-order valence-corrected chi connectivity index (χ1v) is 10.2. The number of hydrogen-bond acceptors (Lipinski definition) is 5. The number of aliphatic hydroxyl groups is 1. The van der Waals surface area contributed by atoms with E-state index in [1.54, 1.807) is 18.5 Å². The summed E-state index contributed by atoms with van der Waals surface area (Å²) in [4.78, 5) is 16.1. The fourth-order valence-electron chi connectivity index (χ4n) is 3.81. The van der Waals surface area contributed by atoms with Crippen molar-refractivity contribution in [3.05, 3.63) is 72.6 Å². The molecule has 1 aliphatic rings. The maximum Gasteiger partial charge on any atom is 0.250 e. The predicted molar refractivity (Wildman–Crippen MR) is 117 cm³/mol. The van der Waals surface area contributed by atoms with E-state index in [0.29, 0.717) is 22.7 Å². The van der Waals surface area contributed by atoms with Gasteiger partial charge in [0.2, 0.25) is 0 Å². The maximum atomic E-state index is 12.0. The number of ether oxygens (including phenoxy) is 1. The highest BCUT2D eigenvalue weighted by atomic mass is 16.5. The van der Waals surface area contributed by atoms with Crippen LogP contribution in [0.15, 0.2) is 67.0 Å². The zero-order valence-corrected chi connectivity index (χ0v) is 16.6. The monoisotopic (exact) mass is 403 g/mol. The van der Waals surface area contributed by atoms with E-state index in [9.17, 15) is 9.90 Å². The van der Waals surface area contributed by atoms with Gasteiger partial charge in [0.25, 0.3) is 5.91 Å². The zero-order chi connectivity index (χ0) is 20.9. The van der Waals surface area contributed by atoms with Crippen molar-refractivity contribution in [2.45, 2.75) is 37.8 Å². The van der Waals surface area contributed by atoms with Crippen molar-refractivity contribution in [2.75, 3.05) is 5.32 Å². The van der Waals surface area contributed by atoms with Gasteiger partial charge in [0.1, 0.15) is 11.5 Å². The van der Waals surface area contributed by atoms with Gasteiger partial charge in [0, 0.05) is 23.5 Å². The second-order valence-corrected chi connectivity index (χ2v) is 7.56. The van der Waals surface area contributed by atoms with Gasteiger partial charge in [-0.3, -0.25) is 9.78 Å². The summed E-state index contributed by atoms with van der Waals surface area (Å²) in [5.41, 5.74) is 8.59. The molecule has 6 nitrogen and oxygen atoms in total. The number of nitrogens with one attached hydrogen (secondary N) is 1. The normalized spacial score (nSPS) is 18.6. The van der Waals surface area contributed by atoms with E-state index in [0.717, 1.165) is 36.8 Å². The number of pyridine rings is 1. The lowest BCUT2D eigenvalue weighted by atomic mass is 9.92. The molecular weight excluding hydrogens is 378 g/mol. The highest BCUT2D eigenvalue weighted by Crippen LogP contribution is 2.35. The van der Waals surface area contributed by atoms with E-state index in [-0.39, 0.29) is 12.1 Å². The second-order valence-electron chi connectivity index (χ2n) is 7.56. The highest BCUT2D eigenvalue weighted by molar-refractivity contribution is 5.99. The van der Waals surface area contributed by atoms with E-state index in [4.69, 9.17) is 10.5 Å². The van der Waals surface area contributed by atoms with Crippen molar-refractivity contribution in [2.24, 2.45) is 5.73 Å². The highest BCUT2D eigenvalue weighted by Gasteiger charge is 2.21. The molecule has 4 rings (SSSR count). The first-order valence-electron chi connectivity index (χ1n) is 10.2. The van der Waals surface area contributed by atoms with Gasteiger partial charge >= 0.3 is 0 Å². The Labute approximate surface area is 175 Å². The number of rotatable bonds is 6. The number of primary amides is 1. The molecule has 0 saturated heterocycles. The Morgan fingerprint density at radius 3 is 2.60 bits per heavy atom. The third-order valence-electron chi connectivity index (χ3n) is 5.40. The number of aliphatic hydroxyl groups excluding tert-OH is 1. The van der Waals surface area contributed by atoms with E-state index in [1.165, 1.54) is 0 Å². The molecule has 0 unspecified atom stereocenters. The lowest BCUT2D eigenvalue weighted by molar-refractivity contribution is 0.100. The average molecular weight is 403 g/mol. The summed E-state index contributed by atoms with van der Waals surface area (Å²) < 4.78 is 6.04. The topological polar surface area (TPSA) is 97.5 Å². The molecule has 4 N–H and O–H groups in total. The SMILES string of the molecule is NC(=O)c1ccc(-c2ccccc2Oc2cccnc2)cc1N[C@H]1CC[C@H](O)CC1. The Hall–Kier alpha value is -3.38. The van der Waals surface area contributed by atoms with E-state index in [1.807, 2.05) is 48.5 Å². The lowest BCUT2D eigenvalue weighted by Crippen LogP contribution is -2.29. The second kappa shape index (κ2) is 8.97. The van der Waals surface area contributed by atoms with Crippen LogP contribution in [0.2, 0.25) is 0 Å². The zero-order valence-electron chi connectivity index (χ0n) is 16.6. The number of anilines is 1. The molecule has 1 fully saturated rings. The minimum Gasteiger partial charge on any atom is -0.455 e.